The van der Waals surface area contributed by atoms with Crippen LogP contribution in [-0.4, -0.2) is 22.6 Å². The zero-order valence-electron chi connectivity index (χ0n) is 13.3. The normalized spacial score (nSPS) is 18.1. The van der Waals surface area contributed by atoms with Gasteiger partial charge in [-0.3, -0.25) is 4.90 Å². The van der Waals surface area contributed by atoms with Crippen LogP contribution in [0.15, 0.2) is 73.1 Å². The topological polar surface area (TPSA) is 17.4 Å². The predicted octanol–water partition coefficient (Wildman–Crippen LogP) is 4.15. The fourth-order valence-corrected chi connectivity index (χ4v) is 3.12. The Morgan fingerprint density at radius 3 is 2.58 bits per heavy atom. The molecule has 4 heteroatoms. The minimum absolute atomic E-state index is 0.0353. The highest BCUT2D eigenvalue weighted by molar-refractivity contribution is 5.34. The van der Waals surface area contributed by atoms with Crippen molar-refractivity contribution in [1.82, 2.24) is 9.47 Å². The van der Waals surface area contributed by atoms with Gasteiger partial charge in [-0.1, -0.05) is 30.3 Å². The lowest BCUT2D eigenvalue weighted by molar-refractivity contribution is 0.0288. The lowest BCUT2D eigenvalue weighted by Crippen LogP contribution is -2.23. The van der Waals surface area contributed by atoms with Crippen LogP contribution in [0.2, 0.25) is 0 Å². The summed E-state index contributed by atoms with van der Waals surface area (Å²) >= 11 is 0. The number of nitrogens with zero attached hydrogens (tertiary/aromatic N) is 2. The van der Waals surface area contributed by atoms with Crippen molar-refractivity contribution in [3.8, 4) is 5.69 Å². The Kier molecular flexibility index (Phi) is 4.15. The average Bonchev–Trinajstić information content (AvgIpc) is 3.25. The molecule has 1 aromatic heterocycles. The van der Waals surface area contributed by atoms with E-state index in [-0.39, 0.29) is 12.0 Å². The minimum Gasteiger partial charge on any atom is -0.357 e. The third-order valence-corrected chi connectivity index (χ3v) is 4.34. The number of hydrogen-bond acceptors (Lipinski definition) is 2. The molecule has 0 aliphatic carbocycles. The van der Waals surface area contributed by atoms with Crippen molar-refractivity contribution in [2.45, 2.75) is 12.8 Å². The van der Waals surface area contributed by atoms with Crippen molar-refractivity contribution in [2.75, 3.05) is 13.2 Å². The van der Waals surface area contributed by atoms with Crippen molar-refractivity contribution < 1.29 is 9.13 Å². The molecule has 0 unspecified atom stereocenters. The van der Waals surface area contributed by atoms with Gasteiger partial charge in [0.15, 0.2) is 0 Å². The molecule has 0 bridgehead atoms. The van der Waals surface area contributed by atoms with Crippen molar-refractivity contribution in [2.24, 2.45) is 0 Å². The quantitative estimate of drug-likeness (QED) is 0.718. The summed E-state index contributed by atoms with van der Waals surface area (Å²) < 4.78 is 21.0. The van der Waals surface area contributed by atoms with Gasteiger partial charge in [-0.25, -0.2) is 4.39 Å². The molecule has 1 fully saturated rings. The number of halogens is 1. The van der Waals surface area contributed by atoms with Crippen LogP contribution in [0.4, 0.5) is 4.39 Å². The molecule has 0 spiro atoms. The van der Waals surface area contributed by atoms with E-state index in [0.717, 1.165) is 30.9 Å². The molecule has 0 amide bonds. The summed E-state index contributed by atoms with van der Waals surface area (Å²) in [6.45, 7) is 2.52. The van der Waals surface area contributed by atoms with E-state index < -0.39 is 0 Å². The van der Waals surface area contributed by atoms with E-state index in [2.05, 4.69) is 41.4 Å². The largest absolute Gasteiger partial charge is 0.357 e. The first kappa shape index (κ1) is 15.1. The molecule has 0 N–H and O–H groups in total. The highest BCUT2D eigenvalue weighted by Gasteiger charge is 2.27. The van der Waals surface area contributed by atoms with Gasteiger partial charge < -0.3 is 9.30 Å². The summed E-state index contributed by atoms with van der Waals surface area (Å²) in [4.78, 5) is 2.33. The Morgan fingerprint density at radius 2 is 1.79 bits per heavy atom. The maximum atomic E-state index is 13.1. The number of ether oxygens (including phenoxy) is 1. The summed E-state index contributed by atoms with van der Waals surface area (Å²) in [6, 6.07) is 19.0. The third kappa shape index (κ3) is 3.11. The molecule has 1 aliphatic rings. The fourth-order valence-electron chi connectivity index (χ4n) is 3.12. The molecule has 1 saturated heterocycles. The standard InChI is InChI=1S/C20H19FN2O/c21-18-6-8-19(9-7-18)22-11-10-17(15-22)20-23(12-13-24-20)14-16-4-2-1-3-5-16/h1-11,15,20H,12-14H2/t20-/m1/s1. The summed E-state index contributed by atoms with van der Waals surface area (Å²) in [5.74, 6) is -0.223. The van der Waals surface area contributed by atoms with Gasteiger partial charge in [-0.05, 0) is 35.9 Å². The summed E-state index contributed by atoms with van der Waals surface area (Å²) in [5.41, 5.74) is 3.34. The first-order valence-corrected chi connectivity index (χ1v) is 8.13. The molecule has 0 radical (unpaired) electrons. The van der Waals surface area contributed by atoms with Crippen LogP contribution in [0.25, 0.3) is 5.69 Å². The van der Waals surface area contributed by atoms with Crippen LogP contribution < -0.4 is 0 Å². The lowest BCUT2D eigenvalue weighted by atomic mass is 10.2. The molecule has 2 heterocycles. The first-order chi connectivity index (χ1) is 11.8. The molecule has 1 aliphatic heterocycles. The molecule has 122 valence electrons. The van der Waals surface area contributed by atoms with Crippen LogP contribution in [-0.2, 0) is 11.3 Å². The van der Waals surface area contributed by atoms with Crippen LogP contribution >= 0.6 is 0 Å². The van der Waals surface area contributed by atoms with Gasteiger partial charge in [-0.2, -0.15) is 0 Å². The molecule has 24 heavy (non-hydrogen) atoms. The van der Waals surface area contributed by atoms with E-state index in [4.69, 9.17) is 4.74 Å². The van der Waals surface area contributed by atoms with Gasteiger partial charge in [0.25, 0.3) is 0 Å². The lowest BCUT2D eigenvalue weighted by Gasteiger charge is -2.22. The highest BCUT2D eigenvalue weighted by Crippen LogP contribution is 2.29. The summed E-state index contributed by atoms with van der Waals surface area (Å²) in [6.07, 6.45) is 4.01. The monoisotopic (exact) mass is 322 g/mol. The van der Waals surface area contributed by atoms with Gasteiger partial charge in [-0.15, -0.1) is 0 Å². The van der Waals surface area contributed by atoms with Gasteiger partial charge in [0.1, 0.15) is 12.0 Å². The van der Waals surface area contributed by atoms with Crippen LogP contribution in [0, 0.1) is 5.82 Å². The Hall–Kier alpha value is -2.43. The second-order valence-electron chi connectivity index (χ2n) is 6.01. The number of aromatic nitrogens is 1. The SMILES string of the molecule is Fc1ccc(-n2ccc([C@H]3OCCN3Cc3ccccc3)c2)cc1. The fraction of sp³-hybridized carbons (Fsp3) is 0.200. The van der Waals surface area contributed by atoms with E-state index >= 15 is 0 Å². The smallest absolute Gasteiger partial charge is 0.138 e. The number of benzene rings is 2. The maximum absolute atomic E-state index is 13.1. The molecular weight excluding hydrogens is 303 g/mol. The second-order valence-corrected chi connectivity index (χ2v) is 6.01. The molecular formula is C20H19FN2O. The Morgan fingerprint density at radius 1 is 1.00 bits per heavy atom. The van der Waals surface area contributed by atoms with Crippen molar-refractivity contribution in [3.63, 3.8) is 0 Å². The van der Waals surface area contributed by atoms with Crippen LogP contribution in [0.5, 0.6) is 0 Å². The van der Waals surface area contributed by atoms with Crippen LogP contribution in [0.1, 0.15) is 17.4 Å². The second kappa shape index (κ2) is 6.59. The molecule has 1 atom stereocenters. The first-order valence-electron chi connectivity index (χ1n) is 8.13. The van der Waals surface area contributed by atoms with E-state index in [9.17, 15) is 4.39 Å². The third-order valence-electron chi connectivity index (χ3n) is 4.34. The number of rotatable bonds is 4. The molecule has 2 aromatic carbocycles. The Bertz CT molecular complexity index is 798. The van der Waals surface area contributed by atoms with Crippen molar-refractivity contribution in [3.05, 3.63) is 90.0 Å². The molecule has 4 rings (SSSR count). The minimum atomic E-state index is -0.223. The zero-order valence-corrected chi connectivity index (χ0v) is 13.3. The molecule has 0 saturated carbocycles. The number of hydrogen-bond donors (Lipinski definition) is 0. The summed E-state index contributed by atoms with van der Waals surface area (Å²) in [5, 5.41) is 0. The maximum Gasteiger partial charge on any atom is 0.138 e. The van der Waals surface area contributed by atoms with Gasteiger partial charge in [0.05, 0.1) is 6.61 Å². The van der Waals surface area contributed by atoms with E-state index in [0.29, 0.717) is 0 Å². The van der Waals surface area contributed by atoms with E-state index in [1.807, 2.05) is 16.8 Å². The van der Waals surface area contributed by atoms with Gasteiger partial charge >= 0.3 is 0 Å². The van der Waals surface area contributed by atoms with Gasteiger partial charge in [0, 0.05) is 36.7 Å². The predicted molar refractivity (Wildman–Crippen MR) is 91.3 cm³/mol. The average molecular weight is 322 g/mol. The Labute approximate surface area is 140 Å². The molecule has 3 nitrogen and oxygen atoms in total. The van der Waals surface area contributed by atoms with E-state index in [1.165, 1.54) is 17.7 Å². The molecule has 3 aromatic rings. The van der Waals surface area contributed by atoms with E-state index in [1.54, 1.807) is 12.1 Å². The van der Waals surface area contributed by atoms with Crippen LogP contribution in [0.3, 0.4) is 0 Å². The Balaban J connectivity index is 1.53. The van der Waals surface area contributed by atoms with Crippen molar-refractivity contribution >= 4 is 0 Å². The van der Waals surface area contributed by atoms with Gasteiger partial charge in [0.2, 0.25) is 0 Å². The highest BCUT2D eigenvalue weighted by atomic mass is 19.1. The summed E-state index contributed by atoms with van der Waals surface area (Å²) in [7, 11) is 0. The van der Waals surface area contributed by atoms with Crippen molar-refractivity contribution in [1.29, 1.82) is 0 Å². The zero-order chi connectivity index (χ0) is 16.4.